The van der Waals surface area contributed by atoms with Gasteiger partial charge in [0.2, 0.25) is 0 Å². The van der Waals surface area contributed by atoms with Crippen LogP contribution in [-0.2, 0) is 13.1 Å². The Morgan fingerprint density at radius 2 is 2.05 bits per heavy atom. The molecule has 3 rings (SSSR count). The van der Waals surface area contributed by atoms with E-state index >= 15 is 0 Å². The van der Waals surface area contributed by atoms with Crippen molar-refractivity contribution < 1.29 is 0 Å². The number of fused-ring (bicyclic) bond motifs is 1. The first kappa shape index (κ1) is 12.7. The molecule has 0 bridgehead atoms. The smallest absolute Gasteiger partial charge is 0.0485 e. The van der Waals surface area contributed by atoms with Crippen LogP contribution in [-0.4, -0.2) is 10.6 Å². The van der Waals surface area contributed by atoms with Gasteiger partial charge in [-0.2, -0.15) is 0 Å². The van der Waals surface area contributed by atoms with Gasteiger partial charge in [0.05, 0.1) is 0 Å². The molecule has 2 heteroatoms. The van der Waals surface area contributed by atoms with Gasteiger partial charge in [0.25, 0.3) is 0 Å². The van der Waals surface area contributed by atoms with E-state index in [1.165, 1.54) is 47.0 Å². The second-order valence-corrected chi connectivity index (χ2v) is 5.87. The largest absolute Gasteiger partial charge is 0.345 e. The summed E-state index contributed by atoms with van der Waals surface area (Å²) in [7, 11) is 0. The molecular formula is C17H24N2. The minimum Gasteiger partial charge on any atom is -0.345 e. The van der Waals surface area contributed by atoms with Gasteiger partial charge in [-0.1, -0.05) is 13.0 Å². The topological polar surface area (TPSA) is 17.0 Å². The molecule has 102 valence electrons. The average molecular weight is 256 g/mol. The molecule has 0 spiro atoms. The van der Waals surface area contributed by atoms with Crippen LogP contribution in [0.15, 0.2) is 18.2 Å². The van der Waals surface area contributed by atoms with Gasteiger partial charge in [-0.25, -0.2) is 0 Å². The van der Waals surface area contributed by atoms with Crippen molar-refractivity contribution in [2.45, 2.75) is 59.2 Å². The van der Waals surface area contributed by atoms with Crippen molar-refractivity contribution in [2.24, 2.45) is 0 Å². The molecule has 2 aromatic rings. The third kappa shape index (κ3) is 2.42. The van der Waals surface area contributed by atoms with Crippen LogP contribution in [0.2, 0.25) is 0 Å². The minimum absolute atomic E-state index is 0.781. The van der Waals surface area contributed by atoms with Gasteiger partial charge in [-0.15, -0.1) is 0 Å². The number of nitrogens with zero attached hydrogens (tertiary/aromatic N) is 1. The molecule has 19 heavy (non-hydrogen) atoms. The Hall–Kier alpha value is -1.28. The molecular weight excluding hydrogens is 232 g/mol. The maximum Gasteiger partial charge on any atom is 0.0485 e. The number of benzene rings is 1. The molecule has 2 nitrogen and oxygen atoms in total. The monoisotopic (exact) mass is 256 g/mol. The molecule has 1 fully saturated rings. The van der Waals surface area contributed by atoms with Gasteiger partial charge in [0.15, 0.2) is 0 Å². The summed E-state index contributed by atoms with van der Waals surface area (Å²) in [6.07, 6.45) is 3.90. The predicted octanol–water partition coefficient (Wildman–Crippen LogP) is 3.92. The fraction of sp³-hybridized carbons (Fsp3) is 0.529. The maximum atomic E-state index is 3.60. The number of aromatic nitrogens is 1. The lowest BCUT2D eigenvalue weighted by molar-refractivity contribution is 0.682. The van der Waals surface area contributed by atoms with Crippen LogP contribution in [0.4, 0.5) is 0 Å². The van der Waals surface area contributed by atoms with Gasteiger partial charge in [0.1, 0.15) is 0 Å². The number of rotatable bonds is 5. The zero-order valence-electron chi connectivity index (χ0n) is 12.3. The van der Waals surface area contributed by atoms with Crippen molar-refractivity contribution in [3.63, 3.8) is 0 Å². The van der Waals surface area contributed by atoms with E-state index in [1.54, 1.807) is 0 Å². The van der Waals surface area contributed by atoms with Crippen molar-refractivity contribution >= 4 is 10.9 Å². The third-order valence-corrected chi connectivity index (χ3v) is 4.32. The summed E-state index contributed by atoms with van der Waals surface area (Å²) in [6, 6.07) is 7.74. The highest BCUT2D eigenvalue weighted by atomic mass is 15.0. The summed E-state index contributed by atoms with van der Waals surface area (Å²) in [4.78, 5) is 0. The van der Waals surface area contributed by atoms with E-state index in [9.17, 15) is 0 Å². The normalized spacial score (nSPS) is 15.3. The van der Waals surface area contributed by atoms with Crippen molar-refractivity contribution in [1.82, 2.24) is 9.88 Å². The highest BCUT2D eigenvalue weighted by molar-refractivity contribution is 5.86. The molecule has 0 atom stereocenters. The SMILES string of the molecule is CCCn1c(C)c(C)c2cc(CNC3CC3)ccc21. The Balaban J connectivity index is 1.95. The van der Waals surface area contributed by atoms with E-state index in [2.05, 4.69) is 48.9 Å². The molecule has 0 saturated heterocycles. The average Bonchev–Trinajstić information content (AvgIpc) is 3.22. The predicted molar refractivity (Wildman–Crippen MR) is 81.6 cm³/mol. The van der Waals surface area contributed by atoms with Gasteiger partial charge in [0, 0.05) is 35.7 Å². The zero-order chi connectivity index (χ0) is 13.4. The second-order valence-electron chi connectivity index (χ2n) is 5.87. The van der Waals surface area contributed by atoms with E-state index in [0.717, 1.165) is 19.1 Å². The lowest BCUT2D eigenvalue weighted by Gasteiger charge is -2.07. The van der Waals surface area contributed by atoms with Gasteiger partial charge < -0.3 is 9.88 Å². The summed E-state index contributed by atoms with van der Waals surface area (Å²) < 4.78 is 2.46. The number of aryl methyl sites for hydroxylation is 2. The summed E-state index contributed by atoms with van der Waals surface area (Å²) >= 11 is 0. The van der Waals surface area contributed by atoms with Gasteiger partial charge in [-0.3, -0.25) is 0 Å². The molecule has 0 aliphatic heterocycles. The first-order valence-electron chi connectivity index (χ1n) is 7.52. The van der Waals surface area contributed by atoms with Gasteiger partial charge >= 0.3 is 0 Å². The molecule has 1 saturated carbocycles. The van der Waals surface area contributed by atoms with E-state index in [0.29, 0.717) is 0 Å². The standard InChI is InChI=1S/C17H24N2/c1-4-9-19-13(3)12(2)16-10-14(5-8-17(16)19)11-18-15-6-7-15/h5,8,10,15,18H,4,6-7,9,11H2,1-3H3. The van der Waals surface area contributed by atoms with E-state index in [-0.39, 0.29) is 0 Å². The van der Waals surface area contributed by atoms with E-state index in [1.807, 2.05) is 0 Å². The van der Waals surface area contributed by atoms with Crippen molar-refractivity contribution in [3.8, 4) is 0 Å². The second kappa shape index (κ2) is 5.01. The third-order valence-electron chi connectivity index (χ3n) is 4.32. The van der Waals surface area contributed by atoms with Crippen LogP contribution in [0.1, 0.15) is 43.0 Å². The minimum atomic E-state index is 0.781. The maximum absolute atomic E-state index is 3.60. The number of nitrogens with one attached hydrogen (secondary N) is 1. The Bertz CT molecular complexity index is 591. The Morgan fingerprint density at radius 3 is 2.74 bits per heavy atom. The summed E-state index contributed by atoms with van der Waals surface area (Å²) in [5.41, 5.74) is 5.67. The molecule has 1 heterocycles. The van der Waals surface area contributed by atoms with Crippen LogP contribution in [0, 0.1) is 13.8 Å². The first-order valence-corrected chi connectivity index (χ1v) is 7.52. The molecule has 1 aliphatic rings. The number of hydrogen-bond acceptors (Lipinski definition) is 1. The molecule has 0 amide bonds. The quantitative estimate of drug-likeness (QED) is 0.858. The van der Waals surface area contributed by atoms with Crippen molar-refractivity contribution in [2.75, 3.05) is 0 Å². The highest BCUT2D eigenvalue weighted by Crippen LogP contribution is 2.27. The Kier molecular flexibility index (Phi) is 3.36. The van der Waals surface area contributed by atoms with Crippen LogP contribution >= 0.6 is 0 Å². The summed E-state index contributed by atoms with van der Waals surface area (Å²) in [5, 5.41) is 5.03. The molecule has 1 aromatic carbocycles. The summed E-state index contributed by atoms with van der Waals surface area (Å²) in [6.45, 7) is 8.87. The fourth-order valence-corrected chi connectivity index (χ4v) is 2.87. The van der Waals surface area contributed by atoms with Crippen LogP contribution in [0.3, 0.4) is 0 Å². The number of hydrogen-bond donors (Lipinski definition) is 1. The van der Waals surface area contributed by atoms with Crippen LogP contribution in [0.25, 0.3) is 10.9 Å². The van der Waals surface area contributed by atoms with Crippen LogP contribution < -0.4 is 5.32 Å². The Labute approximate surface area is 115 Å². The first-order chi connectivity index (χ1) is 9.20. The fourth-order valence-electron chi connectivity index (χ4n) is 2.87. The van der Waals surface area contributed by atoms with E-state index in [4.69, 9.17) is 0 Å². The van der Waals surface area contributed by atoms with E-state index < -0.39 is 0 Å². The molecule has 1 aromatic heterocycles. The zero-order valence-corrected chi connectivity index (χ0v) is 12.3. The molecule has 1 N–H and O–H groups in total. The summed E-state index contributed by atoms with van der Waals surface area (Å²) in [5.74, 6) is 0. The van der Waals surface area contributed by atoms with Crippen molar-refractivity contribution in [3.05, 3.63) is 35.0 Å². The Morgan fingerprint density at radius 1 is 1.26 bits per heavy atom. The lowest BCUT2D eigenvalue weighted by atomic mass is 10.1. The van der Waals surface area contributed by atoms with Gasteiger partial charge in [-0.05, 0) is 56.4 Å². The molecule has 0 radical (unpaired) electrons. The van der Waals surface area contributed by atoms with Crippen molar-refractivity contribution in [1.29, 1.82) is 0 Å². The lowest BCUT2D eigenvalue weighted by Crippen LogP contribution is -2.15. The molecule has 1 aliphatic carbocycles. The highest BCUT2D eigenvalue weighted by Gasteiger charge is 2.20. The van der Waals surface area contributed by atoms with Crippen LogP contribution in [0.5, 0.6) is 0 Å². The molecule has 0 unspecified atom stereocenters.